The first-order valence-electron chi connectivity index (χ1n) is 6.77. The molecular formula is C13H23N5O. The van der Waals surface area contributed by atoms with Gasteiger partial charge in [-0.3, -0.25) is 9.48 Å². The van der Waals surface area contributed by atoms with Gasteiger partial charge in [-0.25, -0.2) is 0 Å². The lowest BCUT2D eigenvalue weighted by molar-refractivity contribution is 0.0555. The Hall–Kier alpha value is -1.56. The molecule has 1 saturated carbocycles. The molecule has 3 N–H and O–H groups in total. The van der Waals surface area contributed by atoms with Crippen LogP contribution in [-0.2, 0) is 6.54 Å². The van der Waals surface area contributed by atoms with Gasteiger partial charge in [0.05, 0.1) is 11.9 Å². The van der Waals surface area contributed by atoms with Crippen molar-refractivity contribution in [2.45, 2.75) is 38.3 Å². The Morgan fingerprint density at radius 1 is 1.58 bits per heavy atom. The van der Waals surface area contributed by atoms with E-state index in [9.17, 15) is 4.79 Å². The molecule has 1 amide bonds. The van der Waals surface area contributed by atoms with E-state index in [-0.39, 0.29) is 11.4 Å². The van der Waals surface area contributed by atoms with Gasteiger partial charge in [-0.05, 0) is 40.3 Å². The van der Waals surface area contributed by atoms with Crippen molar-refractivity contribution in [3.63, 3.8) is 0 Å². The topological polar surface area (TPSA) is 76.2 Å². The summed E-state index contributed by atoms with van der Waals surface area (Å²) in [5.74, 6) is -0.134. The van der Waals surface area contributed by atoms with Crippen LogP contribution in [0.15, 0.2) is 6.20 Å². The molecular weight excluding hydrogens is 242 g/mol. The second-order valence-electron chi connectivity index (χ2n) is 5.42. The first-order valence-corrected chi connectivity index (χ1v) is 6.77. The number of hydrogen-bond acceptors (Lipinski definition) is 4. The summed E-state index contributed by atoms with van der Waals surface area (Å²) < 4.78 is 1.63. The molecule has 0 unspecified atom stereocenters. The molecule has 1 aromatic rings. The highest BCUT2D eigenvalue weighted by atomic mass is 16.2. The van der Waals surface area contributed by atoms with E-state index in [4.69, 9.17) is 5.73 Å². The number of nitrogens with two attached hydrogens (primary N) is 1. The number of likely N-dealkylation sites (N-methyl/N-ethyl adjacent to an activating group) is 1. The van der Waals surface area contributed by atoms with Gasteiger partial charge in [-0.15, -0.1) is 0 Å². The van der Waals surface area contributed by atoms with Gasteiger partial charge in [-0.1, -0.05) is 0 Å². The van der Waals surface area contributed by atoms with E-state index < -0.39 is 0 Å². The Morgan fingerprint density at radius 3 is 2.74 bits per heavy atom. The predicted octanol–water partition coefficient (Wildman–Crippen LogP) is 0.699. The molecule has 1 aromatic heterocycles. The number of rotatable bonds is 5. The first-order chi connectivity index (χ1) is 9.00. The highest BCUT2D eigenvalue weighted by Crippen LogP contribution is 2.35. The van der Waals surface area contributed by atoms with Gasteiger partial charge in [0.2, 0.25) is 0 Å². The van der Waals surface area contributed by atoms with Crippen LogP contribution < -0.4 is 11.1 Å². The van der Waals surface area contributed by atoms with E-state index >= 15 is 0 Å². The number of amides is 1. The van der Waals surface area contributed by atoms with Crippen LogP contribution in [0.25, 0.3) is 0 Å². The lowest BCUT2D eigenvalue weighted by Gasteiger charge is -2.47. The smallest absolute Gasteiger partial charge is 0.271 e. The van der Waals surface area contributed by atoms with E-state index in [2.05, 4.69) is 29.4 Å². The molecule has 6 heteroatoms. The minimum atomic E-state index is -0.134. The van der Waals surface area contributed by atoms with Crippen molar-refractivity contribution in [2.24, 2.45) is 0 Å². The quantitative estimate of drug-likeness (QED) is 0.821. The molecule has 1 heterocycles. The summed E-state index contributed by atoms with van der Waals surface area (Å²) in [4.78, 5) is 14.5. The Bertz CT molecular complexity index is 462. The molecule has 0 spiro atoms. The number of aromatic nitrogens is 2. The van der Waals surface area contributed by atoms with E-state index in [1.165, 1.54) is 12.6 Å². The molecule has 19 heavy (non-hydrogen) atoms. The Balaban J connectivity index is 2.03. The standard InChI is InChI=1S/C13H23N5O/c1-4-18-11(10(14)8-16-18)12(19)15-9-13(17(2)3)6-5-7-13/h8H,4-7,9,14H2,1-3H3,(H,15,19). The van der Waals surface area contributed by atoms with Crippen LogP contribution in [0.4, 0.5) is 5.69 Å². The normalized spacial score (nSPS) is 17.3. The number of anilines is 1. The Labute approximate surface area is 113 Å². The van der Waals surface area contributed by atoms with Crippen LogP contribution in [-0.4, -0.2) is 46.8 Å². The molecule has 6 nitrogen and oxygen atoms in total. The van der Waals surface area contributed by atoms with Crippen molar-refractivity contribution in [2.75, 3.05) is 26.4 Å². The van der Waals surface area contributed by atoms with Crippen molar-refractivity contribution in [1.29, 1.82) is 0 Å². The van der Waals surface area contributed by atoms with Crippen LogP contribution in [0.2, 0.25) is 0 Å². The minimum Gasteiger partial charge on any atom is -0.396 e. The fourth-order valence-electron chi connectivity index (χ4n) is 2.58. The number of aryl methyl sites for hydroxylation is 1. The molecule has 106 valence electrons. The summed E-state index contributed by atoms with van der Waals surface area (Å²) in [6.45, 7) is 3.24. The average Bonchev–Trinajstić information content (AvgIpc) is 2.68. The van der Waals surface area contributed by atoms with Crippen molar-refractivity contribution in [3.05, 3.63) is 11.9 Å². The summed E-state index contributed by atoms with van der Waals surface area (Å²) in [5.41, 5.74) is 6.83. The lowest BCUT2D eigenvalue weighted by atomic mass is 9.75. The van der Waals surface area contributed by atoms with Gasteiger partial charge < -0.3 is 16.0 Å². The number of hydrogen-bond donors (Lipinski definition) is 2. The first kappa shape index (κ1) is 13.9. The molecule has 1 fully saturated rings. The summed E-state index contributed by atoms with van der Waals surface area (Å²) in [5, 5.41) is 7.09. The highest BCUT2D eigenvalue weighted by molar-refractivity contribution is 5.97. The molecule has 0 aliphatic heterocycles. The van der Waals surface area contributed by atoms with Gasteiger partial charge in [-0.2, -0.15) is 5.10 Å². The van der Waals surface area contributed by atoms with E-state index in [1.807, 2.05) is 6.92 Å². The number of nitrogens with zero attached hydrogens (tertiary/aromatic N) is 3. The third-order valence-corrected chi connectivity index (χ3v) is 4.19. The molecule has 0 radical (unpaired) electrons. The van der Waals surface area contributed by atoms with Crippen molar-refractivity contribution in [3.8, 4) is 0 Å². The van der Waals surface area contributed by atoms with Gasteiger partial charge in [0.15, 0.2) is 0 Å². The van der Waals surface area contributed by atoms with Crippen molar-refractivity contribution >= 4 is 11.6 Å². The minimum absolute atomic E-state index is 0.113. The van der Waals surface area contributed by atoms with Crippen LogP contribution >= 0.6 is 0 Å². The second-order valence-corrected chi connectivity index (χ2v) is 5.42. The molecule has 2 rings (SSSR count). The van der Waals surface area contributed by atoms with E-state index in [0.29, 0.717) is 24.5 Å². The number of carbonyl (C=O) groups excluding carboxylic acids is 1. The van der Waals surface area contributed by atoms with Crippen LogP contribution in [0, 0.1) is 0 Å². The van der Waals surface area contributed by atoms with Crippen molar-refractivity contribution < 1.29 is 4.79 Å². The molecule has 0 saturated heterocycles. The monoisotopic (exact) mass is 265 g/mol. The van der Waals surface area contributed by atoms with E-state index in [1.54, 1.807) is 4.68 Å². The SMILES string of the molecule is CCn1ncc(N)c1C(=O)NCC1(N(C)C)CCC1. The fourth-order valence-corrected chi connectivity index (χ4v) is 2.58. The van der Waals surface area contributed by atoms with Crippen LogP contribution in [0.1, 0.15) is 36.7 Å². The number of carbonyl (C=O) groups is 1. The van der Waals surface area contributed by atoms with Gasteiger partial charge >= 0.3 is 0 Å². The maximum Gasteiger partial charge on any atom is 0.271 e. The zero-order chi connectivity index (χ0) is 14.0. The van der Waals surface area contributed by atoms with Gasteiger partial charge in [0.1, 0.15) is 5.69 Å². The molecule has 1 aliphatic carbocycles. The largest absolute Gasteiger partial charge is 0.396 e. The second kappa shape index (κ2) is 5.21. The highest BCUT2D eigenvalue weighted by Gasteiger charge is 2.39. The summed E-state index contributed by atoms with van der Waals surface area (Å²) in [6, 6.07) is 0. The molecule has 0 aromatic carbocycles. The summed E-state index contributed by atoms with van der Waals surface area (Å²) in [7, 11) is 4.13. The lowest BCUT2D eigenvalue weighted by Crippen LogP contribution is -2.57. The van der Waals surface area contributed by atoms with Crippen LogP contribution in [0.5, 0.6) is 0 Å². The Kier molecular flexibility index (Phi) is 3.80. The number of nitrogens with one attached hydrogen (secondary N) is 1. The fraction of sp³-hybridized carbons (Fsp3) is 0.692. The van der Waals surface area contributed by atoms with Crippen LogP contribution in [0.3, 0.4) is 0 Å². The third kappa shape index (κ3) is 2.45. The summed E-state index contributed by atoms with van der Waals surface area (Å²) in [6.07, 6.45) is 5.01. The average molecular weight is 265 g/mol. The summed E-state index contributed by atoms with van der Waals surface area (Å²) >= 11 is 0. The van der Waals surface area contributed by atoms with Gasteiger partial charge in [0, 0.05) is 18.6 Å². The zero-order valence-corrected chi connectivity index (χ0v) is 11.9. The predicted molar refractivity (Wildman–Crippen MR) is 74.9 cm³/mol. The maximum atomic E-state index is 12.2. The maximum absolute atomic E-state index is 12.2. The van der Waals surface area contributed by atoms with Crippen molar-refractivity contribution in [1.82, 2.24) is 20.0 Å². The Morgan fingerprint density at radius 2 is 2.26 bits per heavy atom. The zero-order valence-electron chi connectivity index (χ0n) is 11.9. The molecule has 0 bridgehead atoms. The number of nitrogen functional groups attached to an aromatic ring is 1. The van der Waals surface area contributed by atoms with Gasteiger partial charge in [0.25, 0.3) is 5.91 Å². The van der Waals surface area contributed by atoms with E-state index in [0.717, 1.165) is 12.8 Å². The molecule has 1 aliphatic rings. The third-order valence-electron chi connectivity index (χ3n) is 4.19. The molecule has 0 atom stereocenters.